The molecule has 0 bridgehead atoms. The number of rotatable bonds is 11. The van der Waals surface area contributed by atoms with Crippen LogP contribution in [0.25, 0.3) is 0 Å². The molecule has 2 fully saturated rings. The van der Waals surface area contributed by atoms with E-state index in [2.05, 4.69) is 46.5 Å². The van der Waals surface area contributed by atoms with E-state index in [-0.39, 0.29) is 11.8 Å². The third-order valence-corrected chi connectivity index (χ3v) is 7.94. The van der Waals surface area contributed by atoms with Crippen molar-refractivity contribution in [3.05, 3.63) is 18.0 Å². The number of likely N-dealkylation sites (tertiary alicyclic amines) is 2. The topological polar surface area (TPSA) is 58.4 Å². The lowest BCUT2D eigenvalue weighted by Crippen LogP contribution is -2.46. The second-order valence-electron chi connectivity index (χ2n) is 10.8. The zero-order valence-electron chi connectivity index (χ0n) is 21.5. The summed E-state index contributed by atoms with van der Waals surface area (Å²) in [7, 11) is 0. The first-order valence-electron chi connectivity index (χ1n) is 13.4. The SMILES string of the molecule is CCC(C)C(=O)CCCCN1CCC(C(=O)N2CCC(Cn3cc(C(C)C)cn3)CC2)CC1. The molecule has 0 N–H and O–H groups in total. The van der Waals surface area contributed by atoms with E-state index < -0.39 is 0 Å². The molecule has 3 rings (SSSR count). The molecule has 2 aliphatic rings. The van der Waals surface area contributed by atoms with Gasteiger partial charge in [0.2, 0.25) is 5.91 Å². The van der Waals surface area contributed by atoms with Gasteiger partial charge in [0.25, 0.3) is 0 Å². The monoisotopic (exact) mass is 458 g/mol. The predicted molar refractivity (Wildman–Crippen MR) is 133 cm³/mol. The minimum Gasteiger partial charge on any atom is -0.342 e. The molecule has 1 unspecified atom stereocenters. The summed E-state index contributed by atoms with van der Waals surface area (Å²) in [4.78, 5) is 29.7. The van der Waals surface area contributed by atoms with E-state index in [1.807, 2.05) is 13.1 Å². The summed E-state index contributed by atoms with van der Waals surface area (Å²) in [5.41, 5.74) is 1.30. The second-order valence-corrected chi connectivity index (χ2v) is 10.8. The molecule has 6 heteroatoms. The quantitative estimate of drug-likeness (QED) is 0.449. The maximum absolute atomic E-state index is 13.1. The fourth-order valence-corrected chi connectivity index (χ4v) is 5.15. The van der Waals surface area contributed by atoms with Crippen LogP contribution in [0.2, 0.25) is 0 Å². The summed E-state index contributed by atoms with van der Waals surface area (Å²) in [5, 5.41) is 4.53. The number of amides is 1. The van der Waals surface area contributed by atoms with Crippen LogP contribution in [-0.2, 0) is 16.1 Å². The van der Waals surface area contributed by atoms with Crippen molar-refractivity contribution in [1.29, 1.82) is 0 Å². The number of aromatic nitrogens is 2. The van der Waals surface area contributed by atoms with E-state index in [0.29, 0.717) is 23.5 Å². The molecule has 2 saturated heterocycles. The number of hydrogen-bond acceptors (Lipinski definition) is 4. The van der Waals surface area contributed by atoms with Crippen LogP contribution >= 0.6 is 0 Å². The van der Waals surface area contributed by atoms with Crippen LogP contribution < -0.4 is 0 Å². The fraction of sp³-hybridized carbons (Fsp3) is 0.815. The van der Waals surface area contributed by atoms with Gasteiger partial charge in [-0.3, -0.25) is 14.3 Å². The average molecular weight is 459 g/mol. The number of hydrogen-bond donors (Lipinski definition) is 0. The van der Waals surface area contributed by atoms with Crippen LogP contribution in [-0.4, -0.2) is 64.0 Å². The summed E-state index contributed by atoms with van der Waals surface area (Å²) in [6, 6.07) is 0. The Morgan fingerprint density at radius 1 is 1.03 bits per heavy atom. The normalized spacial score (nSPS) is 19.8. The van der Waals surface area contributed by atoms with Gasteiger partial charge < -0.3 is 9.80 Å². The number of piperidine rings is 2. The Hall–Kier alpha value is -1.69. The average Bonchev–Trinajstić information content (AvgIpc) is 3.30. The maximum atomic E-state index is 13.1. The Kier molecular flexibility index (Phi) is 9.96. The third-order valence-electron chi connectivity index (χ3n) is 7.94. The summed E-state index contributed by atoms with van der Waals surface area (Å²) in [6.07, 6.45) is 12.0. The number of unbranched alkanes of at least 4 members (excludes halogenated alkanes) is 1. The molecular weight excluding hydrogens is 412 g/mol. The standard InChI is InChI=1S/C27H46N4O2/c1-5-22(4)26(32)8-6-7-13-29-14-11-24(12-15-29)27(33)30-16-9-23(10-17-30)19-31-20-25(18-28-31)21(2)3/h18,20-24H,5-17,19H2,1-4H3. The zero-order valence-corrected chi connectivity index (χ0v) is 21.5. The van der Waals surface area contributed by atoms with Crippen molar-refractivity contribution in [3.63, 3.8) is 0 Å². The number of ketones is 1. The molecule has 33 heavy (non-hydrogen) atoms. The van der Waals surface area contributed by atoms with E-state index in [0.717, 1.165) is 90.6 Å². The molecule has 2 aliphatic heterocycles. The highest BCUT2D eigenvalue weighted by Gasteiger charge is 2.31. The van der Waals surface area contributed by atoms with Gasteiger partial charge in [0, 0.05) is 44.1 Å². The highest BCUT2D eigenvalue weighted by molar-refractivity contribution is 5.80. The highest BCUT2D eigenvalue weighted by Crippen LogP contribution is 2.25. The number of carbonyl (C=O) groups excluding carboxylic acids is 2. The lowest BCUT2D eigenvalue weighted by atomic mass is 9.92. The van der Waals surface area contributed by atoms with Crippen molar-refractivity contribution >= 4 is 11.7 Å². The molecule has 3 heterocycles. The summed E-state index contributed by atoms with van der Waals surface area (Å²) < 4.78 is 2.09. The van der Waals surface area contributed by atoms with Gasteiger partial charge in [-0.1, -0.05) is 27.7 Å². The fourth-order valence-electron chi connectivity index (χ4n) is 5.15. The Morgan fingerprint density at radius 3 is 2.33 bits per heavy atom. The van der Waals surface area contributed by atoms with Crippen molar-refractivity contribution in [1.82, 2.24) is 19.6 Å². The van der Waals surface area contributed by atoms with Crippen molar-refractivity contribution < 1.29 is 9.59 Å². The van der Waals surface area contributed by atoms with Crippen LogP contribution in [0.3, 0.4) is 0 Å². The Morgan fingerprint density at radius 2 is 1.73 bits per heavy atom. The smallest absolute Gasteiger partial charge is 0.225 e. The van der Waals surface area contributed by atoms with Gasteiger partial charge in [0.1, 0.15) is 5.78 Å². The van der Waals surface area contributed by atoms with Crippen LogP contribution in [0, 0.1) is 17.8 Å². The number of Topliss-reactive ketones (excluding diaryl/α,β-unsaturated/α-hetero) is 1. The van der Waals surface area contributed by atoms with Crippen molar-refractivity contribution in [3.8, 4) is 0 Å². The van der Waals surface area contributed by atoms with E-state index >= 15 is 0 Å². The Bertz CT molecular complexity index is 743. The molecule has 0 saturated carbocycles. The van der Waals surface area contributed by atoms with Gasteiger partial charge in [0.05, 0.1) is 6.20 Å². The van der Waals surface area contributed by atoms with E-state index in [1.54, 1.807) is 0 Å². The highest BCUT2D eigenvalue weighted by atomic mass is 16.2. The van der Waals surface area contributed by atoms with Crippen LogP contribution in [0.15, 0.2) is 12.4 Å². The van der Waals surface area contributed by atoms with Gasteiger partial charge in [0.15, 0.2) is 0 Å². The van der Waals surface area contributed by atoms with E-state index in [4.69, 9.17) is 0 Å². The van der Waals surface area contributed by atoms with E-state index in [9.17, 15) is 9.59 Å². The minimum absolute atomic E-state index is 0.199. The molecule has 1 aromatic heterocycles. The lowest BCUT2D eigenvalue weighted by molar-refractivity contribution is -0.138. The minimum atomic E-state index is 0.199. The molecular formula is C27H46N4O2. The van der Waals surface area contributed by atoms with Crippen LogP contribution in [0.1, 0.15) is 90.5 Å². The zero-order chi connectivity index (χ0) is 23.8. The molecule has 6 nitrogen and oxygen atoms in total. The Labute approximate surface area is 201 Å². The summed E-state index contributed by atoms with van der Waals surface area (Å²) in [6.45, 7) is 14.4. The van der Waals surface area contributed by atoms with Gasteiger partial charge >= 0.3 is 0 Å². The molecule has 0 spiro atoms. The van der Waals surface area contributed by atoms with Crippen LogP contribution in [0.4, 0.5) is 0 Å². The first-order valence-corrected chi connectivity index (χ1v) is 13.4. The van der Waals surface area contributed by atoms with Gasteiger partial charge in [-0.25, -0.2) is 0 Å². The third kappa shape index (κ3) is 7.66. The van der Waals surface area contributed by atoms with Crippen LogP contribution in [0.5, 0.6) is 0 Å². The second kappa shape index (κ2) is 12.7. The van der Waals surface area contributed by atoms with Crippen molar-refractivity contribution in [2.24, 2.45) is 17.8 Å². The first kappa shape index (κ1) is 25.9. The molecule has 0 aromatic carbocycles. The van der Waals surface area contributed by atoms with Crippen molar-refractivity contribution in [2.45, 2.75) is 91.5 Å². The molecule has 0 aliphatic carbocycles. The molecule has 0 radical (unpaired) electrons. The van der Waals surface area contributed by atoms with Crippen molar-refractivity contribution in [2.75, 3.05) is 32.7 Å². The maximum Gasteiger partial charge on any atom is 0.225 e. The first-order chi connectivity index (χ1) is 15.9. The summed E-state index contributed by atoms with van der Waals surface area (Å²) in [5.74, 6) is 2.33. The Balaban J connectivity index is 1.31. The molecule has 1 aromatic rings. The lowest BCUT2D eigenvalue weighted by Gasteiger charge is -2.37. The largest absolute Gasteiger partial charge is 0.342 e. The van der Waals surface area contributed by atoms with Gasteiger partial charge in [-0.2, -0.15) is 5.10 Å². The molecule has 1 atom stereocenters. The van der Waals surface area contributed by atoms with Gasteiger partial charge in [-0.15, -0.1) is 0 Å². The molecule has 186 valence electrons. The van der Waals surface area contributed by atoms with Gasteiger partial charge in [-0.05, 0) is 82.0 Å². The number of carbonyl (C=O) groups is 2. The molecule has 1 amide bonds. The summed E-state index contributed by atoms with van der Waals surface area (Å²) >= 11 is 0. The van der Waals surface area contributed by atoms with E-state index in [1.165, 1.54) is 5.56 Å². The number of nitrogens with zero attached hydrogens (tertiary/aromatic N) is 4. The predicted octanol–water partition coefficient (Wildman–Crippen LogP) is 4.74.